The van der Waals surface area contributed by atoms with Crippen molar-refractivity contribution in [3.8, 4) is 16.9 Å². The first-order valence-electron chi connectivity index (χ1n) is 6.83. The largest absolute Gasteiger partial charge is 0.310 e. The van der Waals surface area contributed by atoms with E-state index in [9.17, 15) is 0 Å². The van der Waals surface area contributed by atoms with Crippen molar-refractivity contribution in [1.29, 1.82) is 0 Å². The molecule has 3 aromatic rings. The zero-order chi connectivity index (χ0) is 14.7. The molecule has 0 aliphatic heterocycles. The van der Waals surface area contributed by atoms with Crippen LogP contribution in [0, 0.1) is 0 Å². The molecule has 0 radical (unpaired) electrons. The quantitative estimate of drug-likeness (QED) is 0.742. The topological polar surface area (TPSA) is 84.3 Å². The predicted molar refractivity (Wildman–Crippen MR) is 78.7 cm³/mol. The molecule has 0 fully saturated rings. The second kappa shape index (κ2) is 5.84. The summed E-state index contributed by atoms with van der Waals surface area (Å²) in [4.78, 5) is 0. The Labute approximate surface area is 122 Å². The fourth-order valence-corrected chi connectivity index (χ4v) is 2.09. The van der Waals surface area contributed by atoms with Gasteiger partial charge in [0.15, 0.2) is 0 Å². The zero-order valence-electron chi connectivity index (χ0n) is 12.0. The van der Waals surface area contributed by atoms with E-state index in [1.807, 2.05) is 30.5 Å². The van der Waals surface area contributed by atoms with Crippen LogP contribution in [0.15, 0.2) is 36.8 Å². The summed E-state index contributed by atoms with van der Waals surface area (Å²) < 4.78 is 1.63. The number of hydrogen-bond donors (Lipinski definition) is 2. The van der Waals surface area contributed by atoms with Crippen molar-refractivity contribution in [3.63, 3.8) is 0 Å². The molecule has 1 aromatic carbocycles. The van der Waals surface area contributed by atoms with Crippen molar-refractivity contribution in [2.75, 3.05) is 0 Å². The molecule has 2 heterocycles. The van der Waals surface area contributed by atoms with Gasteiger partial charge in [-0.05, 0) is 22.6 Å². The smallest absolute Gasteiger partial charge is 0.143 e. The van der Waals surface area contributed by atoms with Gasteiger partial charge >= 0.3 is 0 Å². The summed E-state index contributed by atoms with van der Waals surface area (Å²) in [7, 11) is 0. The first-order valence-corrected chi connectivity index (χ1v) is 6.83. The van der Waals surface area contributed by atoms with Crippen molar-refractivity contribution in [2.45, 2.75) is 26.4 Å². The van der Waals surface area contributed by atoms with Crippen molar-refractivity contribution in [3.05, 3.63) is 42.4 Å². The normalized spacial score (nSPS) is 11.2. The van der Waals surface area contributed by atoms with E-state index in [1.165, 1.54) is 0 Å². The number of aromatic amines is 1. The number of nitrogens with one attached hydrogen (secondary N) is 2. The van der Waals surface area contributed by atoms with Crippen molar-refractivity contribution >= 4 is 0 Å². The van der Waals surface area contributed by atoms with Gasteiger partial charge in [-0.2, -0.15) is 5.10 Å². The molecule has 3 rings (SSSR count). The molecule has 0 saturated heterocycles. The fourth-order valence-electron chi connectivity index (χ4n) is 2.09. The minimum atomic E-state index is 0.431. The average Bonchev–Trinajstić information content (AvgIpc) is 3.16. The Morgan fingerprint density at radius 1 is 1.33 bits per heavy atom. The monoisotopic (exact) mass is 283 g/mol. The number of aromatic nitrogens is 6. The predicted octanol–water partition coefficient (Wildman–Crippen LogP) is 1.55. The van der Waals surface area contributed by atoms with Gasteiger partial charge in [0.1, 0.15) is 6.33 Å². The van der Waals surface area contributed by atoms with Gasteiger partial charge in [0.25, 0.3) is 0 Å². The van der Waals surface area contributed by atoms with E-state index in [0.717, 1.165) is 29.1 Å². The zero-order valence-corrected chi connectivity index (χ0v) is 12.0. The van der Waals surface area contributed by atoms with Gasteiger partial charge in [-0.3, -0.25) is 5.10 Å². The SMILES string of the molecule is CC(C)NCc1cn[nH]c1-c1cccc(-n2cnnn2)c1. The average molecular weight is 283 g/mol. The summed E-state index contributed by atoms with van der Waals surface area (Å²) >= 11 is 0. The molecule has 0 bridgehead atoms. The van der Waals surface area contributed by atoms with Gasteiger partial charge in [0, 0.05) is 23.7 Å². The molecular formula is C14H17N7. The number of benzene rings is 1. The molecule has 2 aromatic heterocycles. The van der Waals surface area contributed by atoms with Crippen LogP contribution in [0.5, 0.6) is 0 Å². The van der Waals surface area contributed by atoms with E-state index in [0.29, 0.717) is 6.04 Å². The van der Waals surface area contributed by atoms with Gasteiger partial charge in [-0.15, -0.1) is 5.10 Å². The molecule has 0 unspecified atom stereocenters. The molecule has 0 atom stereocenters. The van der Waals surface area contributed by atoms with E-state index >= 15 is 0 Å². The van der Waals surface area contributed by atoms with E-state index in [2.05, 4.69) is 44.9 Å². The Morgan fingerprint density at radius 3 is 3.00 bits per heavy atom. The number of rotatable bonds is 5. The van der Waals surface area contributed by atoms with Crippen molar-refractivity contribution < 1.29 is 0 Å². The standard InChI is InChI=1S/C14H17N7/c1-10(2)15-7-12-8-16-18-14(12)11-4-3-5-13(6-11)21-9-17-19-20-21/h3-6,8-10,15H,7H2,1-2H3,(H,16,18). The van der Waals surface area contributed by atoms with Crippen LogP contribution in [-0.4, -0.2) is 36.4 Å². The Balaban J connectivity index is 1.91. The van der Waals surface area contributed by atoms with E-state index < -0.39 is 0 Å². The molecule has 7 heteroatoms. The Bertz CT molecular complexity index is 700. The lowest BCUT2D eigenvalue weighted by Crippen LogP contribution is -2.21. The number of hydrogen-bond acceptors (Lipinski definition) is 5. The summed E-state index contributed by atoms with van der Waals surface area (Å²) in [6.07, 6.45) is 3.43. The Hall–Kier alpha value is -2.54. The number of H-pyrrole nitrogens is 1. The molecular weight excluding hydrogens is 266 g/mol. The first kappa shape index (κ1) is 13.4. The number of tetrazole rings is 1. The third kappa shape index (κ3) is 2.97. The molecule has 108 valence electrons. The van der Waals surface area contributed by atoms with Crippen LogP contribution in [0.25, 0.3) is 16.9 Å². The third-order valence-electron chi connectivity index (χ3n) is 3.17. The van der Waals surface area contributed by atoms with Gasteiger partial charge in [-0.1, -0.05) is 26.0 Å². The van der Waals surface area contributed by atoms with Gasteiger partial charge < -0.3 is 5.32 Å². The van der Waals surface area contributed by atoms with Gasteiger partial charge in [-0.25, -0.2) is 4.68 Å². The summed E-state index contributed by atoms with van der Waals surface area (Å²) in [6.45, 7) is 5.02. The highest BCUT2D eigenvalue weighted by Crippen LogP contribution is 2.23. The van der Waals surface area contributed by atoms with Crippen LogP contribution >= 0.6 is 0 Å². The summed E-state index contributed by atoms with van der Waals surface area (Å²) in [5, 5.41) is 21.9. The Kier molecular flexibility index (Phi) is 3.74. The summed E-state index contributed by atoms with van der Waals surface area (Å²) in [5.74, 6) is 0. The maximum atomic E-state index is 4.16. The van der Waals surface area contributed by atoms with Crippen LogP contribution in [0.2, 0.25) is 0 Å². The highest BCUT2D eigenvalue weighted by Gasteiger charge is 2.09. The maximum Gasteiger partial charge on any atom is 0.143 e. The van der Waals surface area contributed by atoms with Crippen molar-refractivity contribution in [2.24, 2.45) is 0 Å². The summed E-state index contributed by atoms with van der Waals surface area (Å²) in [6, 6.07) is 8.44. The molecule has 0 amide bonds. The third-order valence-corrected chi connectivity index (χ3v) is 3.17. The fraction of sp³-hybridized carbons (Fsp3) is 0.286. The highest BCUT2D eigenvalue weighted by atomic mass is 15.5. The lowest BCUT2D eigenvalue weighted by atomic mass is 10.1. The molecule has 7 nitrogen and oxygen atoms in total. The Morgan fingerprint density at radius 2 is 2.24 bits per heavy atom. The minimum absolute atomic E-state index is 0.431. The molecule has 2 N–H and O–H groups in total. The molecule has 0 saturated carbocycles. The van der Waals surface area contributed by atoms with Crippen LogP contribution in [-0.2, 0) is 6.54 Å². The van der Waals surface area contributed by atoms with E-state index in [-0.39, 0.29) is 0 Å². The summed E-state index contributed by atoms with van der Waals surface area (Å²) in [5.41, 5.74) is 4.12. The maximum absolute atomic E-state index is 4.16. The number of nitrogens with zero attached hydrogens (tertiary/aromatic N) is 5. The van der Waals surface area contributed by atoms with E-state index in [4.69, 9.17) is 0 Å². The first-order chi connectivity index (χ1) is 10.2. The van der Waals surface area contributed by atoms with Gasteiger partial charge in [0.05, 0.1) is 17.6 Å². The van der Waals surface area contributed by atoms with Crippen LogP contribution in [0.4, 0.5) is 0 Å². The molecule has 0 aliphatic carbocycles. The van der Waals surface area contributed by atoms with Gasteiger partial charge in [0.2, 0.25) is 0 Å². The second-order valence-corrected chi connectivity index (χ2v) is 5.11. The van der Waals surface area contributed by atoms with Crippen LogP contribution in [0.3, 0.4) is 0 Å². The van der Waals surface area contributed by atoms with E-state index in [1.54, 1.807) is 11.0 Å². The minimum Gasteiger partial charge on any atom is -0.310 e. The lowest BCUT2D eigenvalue weighted by Gasteiger charge is -2.09. The van der Waals surface area contributed by atoms with Crippen molar-refractivity contribution in [1.82, 2.24) is 35.7 Å². The van der Waals surface area contributed by atoms with Crippen LogP contribution < -0.4 is 5.32 Å². The highest BCUT2D eigenvalue weighted by molar-refractivity contribution is 5.65. The molecule has 21 heavy (non-hydrogen) atoms. The van der Waals surface area contributed by atoms with Crippen LogP contribution in [0.1, 0.15) is 19.4 Å². The molecule has 0 aliphatic rings. The molecule has 0 spiro atoms. The lowest BCUT2D eigenvalue weighted by molar-refractivity contribution is 0.589. The second-order valence-electron chi connectivity index (χ2n) is 5.11.